The Bertz CT molecular complexity index is 150. The summed E-state index contributed by atoms with van der Waals surface area (Å²) >= 11 is 0. The number of ether oxygens (including phenoxy) is 1. The number of Topliss-reactive ketones (excluding diaryl/α,β-unsaturated/α-hetero) is 1. The van der Waals surface area contributed by atoms with Gasteiger partial charge in [0, 0.05) is 23.3 Å². The molecule has 11 heavy (non-hydrogen) atoms. The molecule has 0 amide bonds. The second-order valence-electron chi connectivity index (χ2n) is 3.63. The minimum absolute atomic E-state index is 0.00984. The van der Waals surface area contributed by atoms with Crippen LogP contribution in [0.4, 0.5) is 0 Å². The fraction of sp³-hybridized carbons (Fsp3) is 0.875. The first-order chi connectivity index (χ1) is 5.12. The first kappa shape index (κ1) is 8.94. The number of carbonyl (C=O) groups excluding carboxylic acids is 1. The SMILES string of the molecule is CC(=O)CC1([SiH3])CCCCO1. The van der Waals surface area contributed by atoms with E-state index in [0.717, 1.165) is 23.3 Å². The van der Waals surface area contributed by atoms with Gasteiger partial charge in [-0.1, -0.05) is 0 Å². The van der Waals surface area contributed by atoms with Crippen LogP contribution in [0.5, 0.6) is 0 Å². The van der Waals surface area contributed by atoms with Gasteiger partial charge in [-0.25, -0.2) is 0 Å². The Balaban J connectivity index is 2.43. The summed E-state index contributed by atoms with van der Waals surface area (Å²) in [5, 5.41) is -0.00984. The first-order valence-corrected chi connectivity index (χ1v) is 5.26. The Morgan fingerprint density at radius 1 is 1.64 bits per heavy atom. The molecular formula is C8H16O2Si. The number of ketones is 1. The largest absolute Gasteiger partial charge is 0.379 e. The van der Waals surface area contributed by atoms with Crippen LogP contribution >= 0.6 is 0 Å². The van der Waals surface area contributed by atoms with Crippen LogP contribution in [-0.2, 0) is 9.53 Å². The Kier molecular flexibility index (Phi) is 2.84. The van der Waals surface area contributed by atoms with E-state index in [1.165, 1.54) is 12.8 Å². The molecule has 0 aliphatic carbocycles. The Morgan fingerprint density at radius 3 is 2.82 bits per heavy atom. The molecule has 0 aromatic heterocycles. The monoisotopic (exact) mass is 172 g/mol. The molecular weight excluding hydrogens is 156 g/mol. The zero-order chi connectivity index (χ0) is 8.32. The maximum Gasteiger partial charge on any atom is 0.132 e. The minimum atomic E-state index is -0.00984. The molecule has 0 spiro atoms. The normalized spacial score (nSPS) is 32.1. The number of hydrogen-bond acceptors (Lipinski definition) is 2. The van der Waals surface area contributed by atoms with Gasteiger partial charge in [-0.05, 0) is 26.2 Å². The highest BCUT2D eigenvalue weighted by molar-refractivity contribution is 6.16. The van der Waals surface area contributed by atoms with Crippen molar-refractivity contribution in [2.75, 3.05) is 6.61 Å². The van der Waals surface area contributed by atoms with Gasteiger partial charge in [0.15, 0.2) is 0 Å². The van der Waals surface area contributed by atoms with Crippen molar-refractivity contribution in [2.24, 2.45) is 0 Å². The second kappa shape index (κ2) is 3.50. The van der Waals surface area contributed by atoms with E-state index < -0.39 is 0 Å². The molecule has 0 N–H and O–H groups in total. The van der Waals surface area contributed by atoms with Crippen molar-refractivity contribution >= 4 is 16.0 Å². The third-order valence-electron chi connectivity index (χ3n) is 2.17. The van der Waals surface area contributed by atoms with Crippen LogP contribution in [0.25, 0.3) is 0 Å². The van der Waals surface area contributed by atoms with Crippen LogP contribution < -0.4 is 0 Å². The van der Waals surface area contributed by atoms with Crippen molar-refractivity contribution < 1.29 is 9.53 Å². The van der Waals surface area contributed by atoms with E-state index in [4.69, 9.17) is 4.74 Å². The Morgan fingerprint density at radius 2 is 2.36 bits per heavy atom. The van der Waals surface area contributed by atoms with Crippen LogP contribution in [0.2, 0.25) is 0 Å². The first-order valence-electron chi connectivity index (χ1n) is 4.26. The van der Waals surface area contributed by atoms with Gasteiger partial charge in [0.2, 0.25) is 0 Å². The highest BCUT2D eigenvalue weighted by Gasteiger charge is 2.28. The second-order valence-corrected chi connectivity index (χ2v) is 5.46. The average molecular weight is 172 g/mol. The fourth-order valence-corrected chi connectivity index (χ4v) is 2.71. The van der Waals surface area contributed by atoms with Crippen LogP contribution in [0.15, 0.2) is 0 Å². The fourth-order valence-electron chi connectivity index (χ4n) is 1.66. The lowest BCUT2D eigenvalue weighted by Gasteiger charge is -2.33. The van der Waals surface area contributed by atoms with Gasteiger partial charge >= 0.3 is 0 Å². The minimum Gasteiger partial charge on any atom is -0.379 e. The molecule has 1 aliphatic rings. The van der Waals surface area contributed by atoms with E-state index in [0.29, 0.717) is 6.42 Å². The quantitative estimate of drug-likeness (QED) is 0.557. The summed E-state index contributed by atoms with van der Waals surface area (Å²) in [6.45, 7) is 2.51. The molecule has 1 fully saturated rings. The Hall–Kier alpha value is -0.153. The molecule has 64 valence electrons. The molecule has 0 radical (unpaired) electrons. The molecule has 1 unspecified atom stereocenters. The number of rotatable bonds is 2. The van der Waals surface area contributed by atoms with Crippen LogP contribution in [0, 0.1) is 0 Å². The zero-order valence-electron chi connectivity index (χ0n) is 7.35. The summed E-state index contributed by atoms with van der Waals surface area (Å²) in [5.41, 5.74) is 0. The summed E-state index contributed by atoms with van der Waals surface area (Å²) in [7, 11) is 0.985. The van der Waals surface area contributed by atoms with Gasteiger partial charge in [-0.2, -0.15) is 0 Å². The molecule has 1 atom stereocenters. The van der Waals surface area contributed by atoms with E-state index in [9.17, 15) is 4.79 Å². The smallest absolute Gasteiger partial charge is 0.132 e. The number of hydrogen-bond donors (Lipinski definition) is 0. The molecule has 0 aromatic rings. The predicted molar refractivity (Wildman–Crippen MR) is 47.8 cm³/mol. The lowest BCUT2D eigenvalue weighted by molar-refractivity contribution is -0.122. The summed E-state index contributed by atoms with van der Waals surface area (Å²) in [5.74, 6) is 0.266. The van der Waals surface area contributed by atoms with Gasteiger partial charge in [0.05, 0.1) is 5.22 Å². The third kappa shape index (κ3) is 2.75. The molecule has 0 saturated carbocycles. The third-order valence-corrected chi connectivity index (χ3v) is 3.32. The predicted octanol–water partition coefficient (Wildman–Crippen LogP) is 0.228. The topological polar surface area (TPSA) is 26.3 Å². The van der Waals surface area contributed by atoms with Crippen LogP contribution in [0.1, 0.15) is 32.6 Å². The summed E-state index contributed by atoms with van der Waals surface area (Å²) < 4.78 is 5.62. The standard InChI is InChI=1S/C8H16O2Si/c1-7(9)6-8(11)4-2-3-5-10-8/h2-6H2,1,11H3. The van der Waals surface area contributed by atoms with E-state index in [1.807, 2.05) is 0 Å². The van der Waals surface area contributed by atoms with E-state index in [2.05, 4.69) is 0 Å². The van der Waals surface area contributed by atoms with Gasteiger partial charge in [-0.15, -0.1) is 0 Å². The zero-order valence-corrected chi connectivity index (χ0v) is 9.35. The average Bonchev–Trinajstić information content (AvgIpc) is 1.85. The van der Waals surface area contributed by atoms with Gasteiger partial charge in [0.1, 0.15) is 5.78 Å². The Labute approximate surface area is 70.7 Å². The maximum absolute atomic E-state index is 10.9. The molecule has 3 heteroatoms. The maximum atomic E-state index is 10.9. The van der Waals surface area contributed by atoms with Crippen molar-refractivity contribution in [2.45, 2.75) is 37.8 Å². The molecule has 0 bridgehead atoms. The van der Waals surface area contributed by atoms with E-state index in [1.54, 1.807) is 6.92 Å². The van der Waals surface area contributed by atoms with Crippen molar-refractivity contribution in [1.29, 1.82) is 0 Å². The van der Waals surface area contributed by atoms with Crippen LogP contribution in [0.3, 0.4) is 0 Å². The van der Waals surface area contributed by atoms with Crippen molar-refractivity contribution in [3.63, 3.8) is 0 Å². The van der Waals surface area contributed by atoms with E-state index >= 15 is 0 Å². The highest BCUT2D eigenvalue weighted by atomic mass is 28.1. The van der Waals surface area contributed by atoms with Gasteiger partial charge < -0.3 is 4.74 Å². The van der Waals surface area contributed by atoms with Crippen molar-refractivity contribution in [3.8, 4) is 0 Å². The van der Waals surface area contributed by atoms with Crippen molar-refractivity contribution in [1.82, 2.24) is 0 Å². The summed E-state index contributed by atoms with van der Waals surface area (Å²) in [6, 6.07) is 0. The molecule has 1 rings (SSSR count). The molecule has 2 nitrogen and oxygen atoms in total. The highest BCUT2D eigenvalue weighted by Crippen LogP contribution is 2.24. The molecule has 1 heterocycles. The molecule has 0 aromatic carbocycles. The molecule has 1 aliphatic heterocycles. The van der Waals surface area contributed by atoms with E-state index in [-0.39, 0.29) is 11.0 Å². The molecule has 1 saturated heterocycles. The lowest BCUT2D eigenvalue weighted by atomic mass is 10.0. The van der Waals surface area contributed by atoms with Crippen molar-refractivity contribution in [3.05, 3.63) is 0 Å². The van der Waals surface area contributed by atoms with Gasteiger partial charge in [0.25, 0.3) is 0 Å². The lowest BCUT2D eigenvalue weighted by Crippen LogP contribution is -2.38. The number of carbonyl (C=O) groups is 1. The summed E-state index contributed by atoms with van der Waals surface area (Å²) in [4.78, 5) is 10.9. The van der Waals surface area contributed by atoms with Crippen LogP contribution in [-0.4, -0.2) is 27.9 Å². The summed E-state index contributed by atoms with van der Waals surface area (Å²) in [6.07, 6.45) is 4.14. The van der Waals surface area contributed by atoms with Gasteiger partial charge in [-0.3, -0.25) is 4.79 Å².